The maximum Gasteiger partial charge on any atom is 0.337 e. The number of carbonyl (C=O) groups excluding carboxylic acids is 1. The van der Waals surface area contributed by atoms with Gasteiger partial charge in [0.2, 0.25) is 0 Å². The van der Waals surface area contributed by atoms with E-state index in [0.717, 1.165) is 17.2 Å². The molecule has 0 saturated heterocycles. The lowest BCUT2D eigenvalue weighted by molar-refractivity contribution is 0.0601. The second kappa shape index (κ2) is 5.42. The topological polar surface area (TPSA) is 38.3 Å². The summed E-state index contributed by atoms with van der Waals surface area (Å²) in [7, 11) is 1.41. The summed E-state index contributed by atoms with van der Waals surface area (Å²) in [6.07, 6.45) is 3.95. The van der Waals surface area contributed by atoms with E-state index >= 15 is 0 Å². The van der Waals surface area contributed by atoms with Gasteiger partial charge in [0, 0.05) is 11.7 Å². The fraction of sp³-hybridized carbons (Fsp3) is 0.533. The molecule has 18 heavy (non-hydrogen) atoms. The Morgan fingerprint density at radius 2 is 2.22 bits per heavy atom. The number of methoxy groups -OCH3 is 1. The molecule has 1 fully saturated rings. The van der Waals surface area contributed by atoms with Crippen molar-refractivity contribution >= 4 is 11.7 Å². The number of benzene rings is 1. The summed E-state index contributed by atoms with van der Waals surface area (Å²) < 4.78 is 4.74. The van der Waals surface area contributed by atoms with Crippen LogP contribution in [0.15, 0.2) is 18.2 Å². The van der Waals surface area contributed by atoms with Crippen LogP contribution in [-0.4, -0.2) is 19.1 Å². The SMILES string of the molecule is COC(=O)c1ccc(C)c(NC(C)CC2CC2)c1. The van der Waals surface area contributed by atoms with Gasteiger partial charge < -0.3 is 10.1 Å². The Bertz CT molecular complexity index is 438. The van der Waals surface area contributed by atoms with Crippen molar-refractivity contribution in [1.29, 1.82) is 0 Å². The molecule has 3 heteroatoms. The predicted octanol–water partition coefficient (Wildman–Crippen LogP) is 3.38. The van der Waals surface area contributed by atoms with Crippen molar-refractivity contribution in [3.8, 4) is 0 Å². The molecule has 0 spiro atoms. The van der Waals surface area contributed by atoms with Crippen LogP contribution in [0.4, 0.5) is 5.69 Å². The number of ether oxygens (including phenoxy) is 1. The summed E-state index contributed by atoms with van der Waals surface area (Å²) in [4.78, 5) is 11.5. The van der Waals surface area contributed by atoms with Crippen molar-refractivity contribution < 1.29 is 9.53 Å². The smallest absolute Gasteiger partial charge is 0.337 e. The van der Waals surface area contributed by atoms with Gasteiger partial charge in [0.1, 0.15) is 0 Å². The van der Waals surface area contributed by atoms with E-state index in [1.165, 1.54) is 26.4 Å². The normalized spacial score (nSPS) is 16.2. The average Bonchev–Trinajstić information content (AvgIpc) is 3.14. The Morgan fingerprint density at radius 1 is 1.50 bits per heavy atom. The van der Waals surface area contributed by atoms with Gasteiger partial charge in [0.05, 0.1) is 12.7 Å². The molecule has 98 valence electrons. The molecule has 1 atom stereocenters. The molecule has 0 aliphatic heterocycles. The molecule has 1 aliphatic rings. The van der Waals surface area contributed by atoms with Crippen LogP contribution in [0.2, 0.25) is 0 Å². The number of nitrogens with one attached hydrogen (secondary N) is 1. The predicted molar refractivity (Wildman–Crippen MR) is 72.9 cm³/mol. The maximum atomic E-state index is 11.5. The minimum atomic E-state index is -0.284. The summed E-state index contributed by atoms with van der Waals surface area (Å²) in [6, 6.07) is 6.09. The Labute approximate surface area is 109 Å². The molecule has 0 radical (unpaired) electrons. The molecular formula is C15H21NO2. The molecule has 1 unspecified atom stereocenters. The first kappa shape index (κ1) is 12.9. The minimum absolute atomic E-state index is 0.284. The van der Waals surface area contributed by atoms with Gasteiger partial charge in [0.25, 0.3) is 0 Å². The zero-order valence-electron chi connectivity index (χ0n) is 11.3. The van der Waals surface area contributed by atoms with E-state index in [1.807, 2.05) is 19.1 Å². The molecule has 1 aromatic carbocycles. The summed E-state index contributed by atoms with van der Waals surface area (Å²) >= 11 is 0. The highest BCUT2D eigenvalue weighted by atomic mass is 16.5. The molecule has 0 amide bonds. The Kier molecular flexibility index (Phi) is 3.90. The highest BCUT2D eigenvalue weighted by Gasteiger charge is 2.23. The maximum absolute atomic E-state index is 11.5. The summed E-state index contributed by atoms with van der Waals surface area (Å²) in [6.45, 7) is 4.25. The zero-order valence-corrected chi connectivity index (χ0v) is 11.3. The Morgan fingerprint density at radius 3 is 2.83 bits per heavy atom. The van der Waals surface area contributed by atoms with E-state index in [1.54, 1.807) is 6.07 Å². The van der Waals surface area contributed by atoms with Crippen LogP contribution in [-0.2, 0) is 4.74 Å². The van der Waals surface area contributed by atoms with Crippen LogP contribution in [0.1, 0.15) is 42.1 Å². The molecule has 1 aliphatic carbocycles. The number of carbonyl (C=O) groups is 1. The number of hydrogen-bond donors (Lipinski definition) is 1. The molecule has 1 aromatic rings. The third-order valence-corrected chi connectivity index (χ3v) is 3.44. The molecule has 0 aromatic heterocycles. The second-order valence-corrected chi connectivity index (χ2v) is 5.25. The molecule has 0 bridgehead atoms. The van der Waals surface area contributed by atoms with E-state index < -0.39 is 0 Å². The lowest BCUT2D eigenvalue weighted by Crippen LogP contribution is -2.17. The van der Waals surface area contributed by atoms with Crippen molar-refractivity contribution in [3.63, 3.8) is 0 Å². The minimum Gasteiger partial charge on any atom is -0.465 e. The van der Waals surface area contributed by atoms with Crippen molar-refractivity contribution in [2.75, 3.05) is 12.4 Å². The molecule has 3 nitrogen and oxygen atoms in total. The molecule has 0 heterocycles. The van der Waals surface area contributed by atoms with Crippen LogP contribution < -0.4 is 5.32 Å². The fourth-order valence-electron chi connectivity index (χ4n) is 2.20. The van der Waals surface area contributed by atoms with Crippen LogP contribution in [0, 0.1) is 12.8 Å². The number of hydrogen-bond acceptors (Lipinski definition) is 3. The van der Waals surface area contributed by atoms with Crippen molar-refractivity contribution in [2.45, 2.75) is 39.2 Å². The monoisotopic (exact) mass is 247 g/mol. The largest absolute Gasteiger partial charge is 0.465 e. The molecule has 2 rings (SSSR count). The van der Waals surface area contributed by atoms with Crippen molar-refractivity contribution in [1.82, 2.24) is 0 Å². The molecular weight excluding hydrogens is 226 g/mol. The first-order valence-electron chi connectivity index (χ1n) is 6.55. The van der Waals surface area contributed by atoms with Crippen LogP contribution in [0.25, 0.3) is 0 Å². The van der Waals surface area contributed by atoms with Gasteiger partial charge >= 0.3 is 5.97 Å². The van der Waals surface area contributed by atoms with Gasteiger partial charge in [-0.3, -0.25) is 0 Å². The summed E-state index contributed by atoms with van der Waals surface area (Å²) in [5.74, 6) is 0.615. The number of esters is 1. The van der Waals surface area contributed by atoms with E-state index in [2.05, 4.69) is 12.2 Å². The van der Waals surface area contributed by atoms with Gasteiger partial charge in [-0.05, 0) is 43.9 Å². The summed E-state index contributed by atoms with van der Waals surface area (Å²) in [5.41, 5.74) is 2.79. The lowest BCUT2D eigenvalue weighted by Gasteiger charge is -2.17. The van der Waals surface area contributed by atoms with E-state index in [4.69, 9.17) is 4.74 Å². The van der Waals surface area contributed by atoms with E-state index in [0.29, 0.717) is 11.6 Å². The van der Waals surface area contributed by atoms with Crippen LogP contribution in [0.3, 0.4) is 0 Å². The van der Waals surface area contributed by atoms with Gasteiger partial charge in [-0.25, -0.2) is 4.79 Å². The second-order valence-electron chi connectivity index (χ2n) is 5.25. The van der Waals surface area contributed by atoms with Crippen LogP contribution >= 0.6 is 0 Å². The first-order chi connectivity index (χ1) is 8.60. The zero-order chi connectivity index (χ0) is 13.1. The van der Waals surface area contributed by atoms with Crippen LogP contribution in [0.5, 0.6) is 0 Å². The lowest BCUT2D eigenvalue weighted by atomic mass is 10.1. The Balaban J connectivity index is 2.07. The number of anilines is 1. The van der Waals surface area contributed by atoms with Gasteiger partial charge in [-0.2, -0.15) is 0 Å². The third-order valence-electron chi connectivity index (χ3n) is 3.44. The van der Waals surface area contributed by atoms with Gasteiger partial charge in [-0.1, -0.05) is 18.9 Å². The fourth-order valence-corrected chi connectivity index (χ4v) is 2.20. The quantitative estimate of drug-likeness (QED) is 0.811. The van der Waals surface area contributed by atoms with Gasteiger partial charge in [0.15, 0.2) is 0 Å². The van der Waals surface area contributed by atoms with E-state index in [-0.39, 0.29) is 5.97 Å². The summed E-state index contributed by atoms with van der Waals surface area (Å²) in [5, 5.41) is 3.49. The average molecular weight is 247 g/mol. The van der Waals surface area contributed by atoms with Crippen molar-refractivity contribution in [3.05, 3.63) is 29.3 Å². The highest BCUT2D eigenvalue weighted by molar-refractivity contribution is 5.90. The van der Waals surface area contributed by atoms with E-state index in [9.17, 15) is 4.79 Å². The van der Waals surface area contributed by atoms with Crippen molar-refractivity contribution in [2.24, 2.45) is 5.92 Å². The Hall–Kier alpha value is -1.51. The standard InChI is InChI=1S/C15H21NO2/c1-10-4-7-13(15(17)18-3)9-14(10)16-11(2)8-12-5-6-12/h4,7,9,11-12,16H,5-6,8H2,1-3H3. The first-order valence-corrected chi connectivity index (χ1v) is 6.55. The third kappa shape index (κ3) is 3.25. The highest BCUT2D eigenvalue weighted by Crippen LogP contribution is 2.34. The number of aryl methyl sites for hydroxylation is 1. The number of rotatable bonds is 5. The molecule has 1 saturated carbocycles. The van der Waals surface area contributed by atoms with Gasteiger partial charge in [-0.15, -0.1) is 0 Å². The molecule has 1 N–H and O–H groups in total.